The lowest BCUT2D eigenvalue weighted by Gasteiger charge is -2.19. The van der Waals surface area contributed by atoms with Crippen LogP contribution in [0.5, 0.6) is 5.88 Å². The first-order valence-electron chi connectivity index (χ1n) is 6.88. The number of amides is 1. The molecule has 1 amide bonds. The Morgan fingerprint density at radius 3 is 2.62 bits per heavy atom. The van der Waals surface area contributed by atoms with Gasteiger partial charge >= 0.3 is 0 Å². The van der Waals surface area contributed by atoms with Crippen molar-refractivity contribution in [2.24, 2.45) is 0 Å². The van der Waals surface area contributed by atoms with Gasteiger partial charge in [0.05, 0.1) is 13.0 Å². The van der Waals surface area contributed by atoms with Gasteiger partial charge in [-0.3, -0.25) is 4.79 Å². The zero-order valence-corrected chi connectivity index (χ0v) is 13.2. The van der Waals surface area contributed by atoms with Gasteiger partial charge in [0, 0.05) is 19.2 Å². The molecule has 114 valence electrons. The molecule has 0 N–H and O–H groups in total. The van der Waals surface area contributed by atoms with Crippen LogP contribution in [0.15, 0.2) is 12.1 Å². The second-order valence-electron chi connectivity index (χ2n) is 4.51. The third-order valence-corrected chi connectivity index (χ3v) is 3.62. The fourth-order valence-corrected chi connectivity index (χ4v) is 2.43. The fourth-order valence-electron chi connectivity index (χ4n) is 2.22. The van der Waals surface area contributed by atoms with Crippen molar-refractivity contribution in [1.82, 2.24) is 19.4 Å². The summed E-state index contributed by atoms with van der Waals surface area (Å²) in [4.78, 5) is 22.9. The highest BCUT2D eigenvalue weighted by Gasteiger charge is 2.17. The number of nitrogens with zero attached hydrogens (tertiary/aromatic N) is 4. The lowest BCUT2D eigenvalue weighted by molar-refractivity contribution is -0.131. The maximum absolute atomic E-state index is 12.3. The monoisotopic (exact) mass is 310 g/mol. The Hall–Kier alpha value is -1.82. The van der Waals surface area contributed by atoms with E-state index in [1.165, 1.54) is 0 Å². The molecule has 7 heteroatoms. The number of fused-ring (bicyclic) bond motifs is 1. The maximum atomic E-state index is 12.3. The first-order valence-corrected chi connectivity index (χ1v) is 7.41. The summed E-state index contributed by atoms with van der Waals surface area (Å²) in [6.45, 7) is 5.44. The Morgan fingerprint density at radius 2 is 2.05 bits per heavy atom. The van der Waals surface area contributed by atoms with E-state index in [1.54, 1.807) is 22.6 Å². The van der Waals surface area contributed by atoms with Crippen LogP contribution in [0.4, 0.5) is 0 Å². The molecule has 0 spiro atoms. The molecule has 0 bridgehead atoms. The maximum Gasteiger partial charge on any atom is 0.242 e. The van der Waals surface area contributed by atoms with Crippen molar-refractivity contribution in [3.05, 3.63) is 18.0 Å². The van der Waals surface area contributed by atoms with E-state index < -0.39 is 0 Å². The number of halogens is 1. The normalized spacial score (nSPS) is 10.9. The zero-order chi connectivity index (χ0) is 15.4. The van der Waals surface area contributed by atoms with Crippen molar-refractivity contribution in [1.29, 1.82) is 0 Å². The number of pyridine rings is 1. The summed E-state index contributed by atoms with van der Waals surface area (Å²) in [6, 6.07) is 3.56. The van der Waals surface area contributed by atoms with E-state index in [1.807, 2.05) is 19.9 Å². The molecule has 2 heterocycles. The lowest BCUT2D eigenvalue weighted by Crippen LogP contribution is -2.33. The summed E-state index contributed by atoms with van der Waals surface area (Å²) < 4.78 is 6.89. The second kappa shape index (κ2) is 6.76. The largest absolute Gasteiger partial charge is 0.481 e. The Labute approximate surface area is 128 Å². The standard InChI is InChI=1S/C14H19ClN4O2/c1-4-18(5-2)13(20)9-19-11(8-15)16-10-6-7-12(21-3)17-14(10)19/h6-7H,4-5,8-9H2,1-3H3. The molecule has 6 nitrogen and oxygen atoms in total. The summed E-state index contributed by atoms with van der Waals surface area (Å²) in [5.74, 6) is 1.37. The van der Waals surface area contributed by atoms with Crippen LogP contribution in [-0.4, -0.2) is 45.5 Å². The van der Waals surface area contributed by atoms with Gasteiger partial charge in [0.25, 0.3) is 0 Å². The Bertz CT molecular complexity index is 637. The van der Waals surface area contributed by atoms with E-state index in [0.717, 1.165) is 0 Å². The van der Waals surface area contributed by atoms with Crippen LogP contribution in [0.3, 0.4) is 0 Å². The average Bonchev–Trinajstić information content (AvgIpc) is 2.85. The molecule has 2 aromatic heterocycles. The molecule has 2 aromatic rings. The quantitative estimate of drug-likeness (QED) is 0.766. The lowest BCUT2D eigenvalue weighted by atomic mass is 10.4. The fraction of sp³-hybridized carbons (Fsp3) is 0.500. The molecule has 0 aromatic carbocycles. The van der Waals surface area contributed by atoms with Crippen molar-refractivity contribution < 1.29 is 9.53 Å². The topological polar surface area (TPSA) is 60.2 Å². The predicted octanol–water partition coefficient (Wildman–Crippen LogP) is 2.05. The van der Waals surface area contributed by atoms with Gasteiger partial charge < -0.3 is 14.2 Å². The van der Waals surface area contributed by atoms with Crippen LogP contribution in [0.2, 0.25) is 0 Å². The summed E-state index contributed by atoms with van der Waals surface area (Å²) >= 11 is 5.94. The van der Waals surface area contributed by atoms with E-state index >= 15 is 0 Å². The smallest absolute Gasteiger partial charge is 0.242 e. The highest BCUT2D eigenvalue weighted by molar-refractivity contribution is 6.16. The van der Waals surface area contributed by atoms with Crippen LogP contribution in [0.25, 0.3) is 11.2 Å². The van der Waals surface area contributed by atoms with Crippen LogP contribution in [0, 0.1) is 0 Å². The first-order chi connectivity index (χ1) is 10.1. The molecular weight excluding hydrogens is 292 g/mol. The van der Waals surface area contributed by atoms with E-state index in [0.29, 0.717) is 36.0 Å². The Kier molecular flexibility index (Phi) is 5.01. The van der Waals surface area contributed by atoms with Gasteiger partial charge in [-0.05, 0) is 19.9 Å². The zero-order valence-electron chi connectivity index (χ0n) is 12.5. The van der Waals surface area contributed by atoms with Crippen molar-refractivity contribution in [3.63, 3.8) is 0 Å². The number of hydrogen-bond acceptors (Lipinski definition) is 4. The van der Waals surface area contributed by atoms with Gasteiger partial charge in [0.1, 0.15) is 17.9 Å². The van der Waals surface area contributed by atoms with Gasteiger partial charge in [-0.2, -0.15) is 4.98 Å². The number of ether oxygens (including phenoxy) is 1. The molecule has 0 radical (unpaired) electrons. The number of imidazole rings is 1. The van der Waals surface area contributed by atoms with Gasteiger partial charge in [-0.1, -0.05) is 0 Å². The number of carbonyl (C=O) groups is 1. The van der Waals surface area contributed by atoms with E-state index in [4.69, 9.17) is 16.3 Å². The number of hydrogen-bond donors (Lipinski definition) is 0. The molecular formula is C14H19ClN4O2. The minimum atomic E-state index is 0.0234. The molecule has 0 aliphatic rings. The molecule has 0 saturated heterocycles. The van der Waals surface area contributed by atoms with E-state index in [2.05, 4.69) is 9.97 Å². The van der Waals surface area contributed by atoms with Crippen LogP contribution < -0.4 is 4.74 Å². The minimum Gasteiger partial charge on any atom is -0.481 e. The second-order valence-corrected chi connectivity index (χ2v) is 4.78. The number of alkyl halides is 1. The van der Waals surface area contributed by atoms with Gasteiger partial charge in [0.15, 0.2) is 5.65 Å². The Balaban J connectivity index is 2.43. The highest BCUT2D eigenvalue weighted by atomic mass is 35.5. The van der Waals surface area contributed by atoms with Gasteiger partial charge in [-0.25, -0.2) is 4.98 Å². The summed E-state index contributed by atoms with van der Waals surface area (Å²) in [6.07, 6.45) is 0. The molecule has 21 heavy (non-hydrogen) atoms. The number of rotatable bonds is 6. The number of aromatic nitrogens is 3. The molecule has 0 saturated carbocycles. The van der Waals surface area contributed by atoms with Gasteiger partial charge in [0.2, 0.25) is 11.8 Å². The number of carbonyl (C=O) groups excluding carboxylic acids is 1. The summed E-state index contributed by atoms with van der Waals surface area (Å²) in [5.41, 5.74) is 1.32. The third kappa shape index (κ3) is 3.10. The molecule has 2 rings (SSSR count). The van der Waals surface area contributed by atoms with Gasteiger partial charge in [-0.15, -0.1) is 11.6 Å². The highest BCUT2D eigenvalue weighted by Crippen LogP contribution is 2.19. The van der Waals surface area contributed by atoms with Crippen molar-refractivity contribution in [3.8, 4) is 5.88 Å². The number of likely N-dealkylation sites (N-methyl/N-ethyl adjacent to an activating group) is 1. The van der Waals surface area contributed by atoms with Crippen LogP contribution in [-0.2, 0) is 17.2 Å². The van der Waals surface area contributed by atoms with Crippen molar-refractivity contribution in [2.75, 3.05) is 20.2 Å². The number of methoxy groups -OCH3 is 1. The third-order valence-electron chi connectivity index (χ3n) is 3.38. The Morgan fingerprint density at radius 1 is 1.33 bits per heavy atom. The SMILES string of the molecule is CCN(CC)C(=O)Cn1c(CCl)nc2ccc(OC)nc21. The van der Waals surface area contributed by atoms with E-state index in [9.17, 15) is 4.79 Å². The van der Waals surface area contributed by atoms with Crippen molar-refractivity contribution >= 4 is 28.7 Å². The van der Waals surface area contributed by atoms with Crippen LogP contribution >= 0.6 is 11.6 Å². The molecule has 0 aliphatic carbocycles. The average molecular weight is 311 g/mol. The summed E-state index contributed by atoms with van der Waals surface area (Å²) in [5, 5.41) is 0. The van der Waals surface area contributed by atoms with Crippen molar-refractivity contribution in [2.45, 2.75) is 26.3 Å². The summed E-state index contributed by atoms with van der Waals surface area (Å²) in [7, 11) is 1.55. The predicted molar refractivity (Wildman–Crippen MR) is 81.6 cm³/mol. The molecule has 0 fully saturated rings. The molecule has 0 unspecified atom stereocenters. The molecule has 0 atom stereocenters. The first kappa shape index (κ1) is 15.6. The van der Waals surface area contributed by atoms with E-state index in [-0.39, 0.29) is 18.3 Å². The van der Waals surface area contributed by atoms with Crippen LogP contribution in [0.1, 0.15) is 19.7 Å². The molecule has 0 aliphatic heterocycles. The minimum absolute atomic E-state index is 0.0234.